The largest absolute Gasteiger partial charge is 0.454 e. The van der Waals surface area contributed by atoms with Crippen LogP contribution in [0.4, 0.5) is 0 Å². The molecule has 0 aromatic heterocycles. The van der Waals surface area contributed by atoms with Crippen molar-refractivity contribution >= 4 is 0 Å². The van der Waals surface area contributed by atoms with Crippen LogP contribution in [-0.2, 0) is 0 Å². The van der Waals surface area contributed by atoms with E-state index in [0.29, 0.717) is 0 Å². The second-order valence-electron chi connectivity index (χ2n) is 0.300. The lowest BCUT2D eigenvalue weighted by molar-refractivity contribution is 0.954. The Bertz CT molecular complexity index is 74.0. The van der Waals surface area contributed by atoms with Crippen molar-refractivity contribution in [3.05, 3.63) is 6.29 Å². The van der Waals surface area contributed by atoms with E-state index in [1.807, 2.05) is 0 Å². The number of nitrogens with two attached hydrogens (primary N) is 3. The first-order valence-corrected chi connectivity index (χ1v) is 0.671. The van der Waals surface area contributed by atoms with E-state index in [1.54, 1.807) is 0 Å². The Kier molecular flexibility index (Phi) is 0.125. The lowest BCUT2D eigenvalue weighted by atomic mass is 11.0. The van der Waals surface area contributed by atoms with Gasteiger partial charge in [0.15, 0.2) is 0 Å². The van der Waals surface area contributed by atoms with Gasteiger partial charge in [-0.1, -0.05) is 0 Å². The van der Waals surface area contributed by atoms with Gasteiger partial charge in [-0.15, -0.1) is 6.29 Å². The third-order valence-corrected chi connectivity index (χ3v) is 0. The van der Waals surface area contributed by atoms with Crippen LogP contribution in [0, 0.1) is 6.29 Å². The van der Waals surface area contributed by atoms with Crippen molar-refractivity contribution in [2.75, 3.05) is 0 Å². The van der Waals surface area contributed by atoms with Crippen molar-refractivity contribution in [2.24, 2.45) is 17.2 Å². The summed E-state index contributed by atoms with van der Waals surface area (Å²) in [6.45, 7) is 0. The quantitative estimate of drug-likeness (QED) is 0.344. The molecule has 0 aliphatic heterocycles. The van der Waals surface area contributed by atoms with Crippen molar-refractivity contribution < 1.29 is 8.47 Å². The van der Waals surface area contributed by atoms with Crippen LogP contribution in [0.5, 0.6) is 0 Å². The Balaban J connectivity index is 3.98. The molecule has 3 nitrogen and oxygen atoms in total. The fourth-order valence-electron chi connectivity index (χ4n) is 0. The maximum atomic E-state index is 6.50. The van der Waals surface area contributed by atoms with Crippen molar-refractivity contribution in [1.29, 1.82) is 0 Å². The Hall–Kier alpha value is -0.120. The molecular formula is CH6N3-. The molecule has 0 aliphatic rings. The molecule has 0 aromatic carbocycles. The molecule has 0 unspecified atom stereocenters. The normalized spacial score (nSPS) is 33.0. The van der Waals surface area contributed by atoms with Crippen molar-refractivity contribution in [2.45, 2.75) is 0 Å². The van der Waals surface area contributed by atoms with Gasteiger partial charge in [-0.3, -0.25) is 0 Å². The van der Waals surface area contributed by atoms with Gasteiger partial charge in [0.05, 0.1) is 8.47 Å². The molecule has 3 heteroatoms. The molecule has 0 rings (SSSR count). The van der Waals surface area contributed by atoms with Gasteiger partial charge in [0, 0.05) is 0 Å². The van der Waals surface area contributed by atoms with Gasteiger partial charge in [0.1, 0.15) is 0 Å². The molecule has 0 saturated carbocycles. The van der Waals surface area contributed by atoms with Gasteiger partial charge in [-0.25, -0.2) is 0 Å². The third-order valence-electron chi connectivity index (χ3n) is 0. The van der Waals surface area contributed by atoms with Gasteiger partial charge >= 0.3 is 0 Å². The summed E-state index contributed by atoms with van der Waals surface area (Å²) in [6.07, 6.45) is -0.806. The lowest BCUT2D eigenvalue weighted by Gasteiger charge is -2.04. The second-order valence-corrected chi connectivity index (χ2v) is 0.300. The summed E-state index contributed by atoms with van der Waals surface area (Å²) in [5.41, 5.74) is -0.500. The van der Waals surface area contributed by atoms with E-state index in [4.69, 9.17) is 8.47 Å². The molecule has 0 atom stereocenters. The monoisotopic (exact) mass is 66.1 g/mol. The van der Waals surface area contributed by atoms with Crippen LogP contribution in [0.3, 0.4) is 0 Å². The SMILES string of the molecule is [2H]N([2H])[C-](N([2H])[2H])N([2H])[2H]. The minimum absolute atomic E-state index is 0.167. The van der Waals surface area contributed by atoms with Crippen LogP contribution in [0.15, 0.2) is 0 Å². The second kappa shape index (κ2) is 1.23. The van der Waals surface area contributed by atoms with Gasteiger partial charge in [-0.05, 0) is 0 Å². The van der Waals surface area contributed by atoms with Crippen molar-refractivity contribution in [3.8, 4) is 0 Å². The smallest absolute Gasteiger partial charge is 0.0845 e. The molecule has 0 bridgehead atoms. The average Bonchev–Trinajstić information content (AvgIpc) is 1.59. The molecule has 0 radical (unpaired) electrons. The molecular weight excluding hydrogens is 54.0 g/mol. The summed E-state index contributed by atoms with van der Waals surface area (Å²) in [5.74, 6) is 0. The topological polar surface area (TPSA) is 78.1 Å². The van der Waals surface area contributed by atoms with E-state index in [1.165, 1.54) is 0 Å². The highest BCUT2D eigenvalue weighted by molar-refractivity contribution is 4.55. The van der Waals surface area contributed by atoms with E-state index < -0.39 is 6.29 Å². The molecule has 0 fully saturated rings. The summed E-state index contributed by atoms with van der Waals surface area (Å²) in [5, 5.41) is 0. The van der Waals surface area contributed by atoms with E-state index in [2.05, 4.69) is 0 Å². The third kappa shape index (κ3) is 101. The van der Waals surface area contributed by atoms with E-state index in [9.17, 15) is 0 Å². The van der Waals surface area contributed by atoms with Crippen LogP contribution in [0.25, 0.3) is 0 Å². The summed E-state index contributed by atoms with van der Waals surface area (Å²) < 4.78 is 39.0. The van der Waals surface area contributed by atoms with Crippen LogP contribution >= 0.6 is 0 Å². The number of hydrogen-bond acceptors (Lipinski definition) is 3. The minimum Gasteiger partial charge on any atom is -0.454 e. The molecule has 0 aliphatic carbocycles. The molecule has 0 heterocycles. The predicted octanol–water partition coefficient (Wildman–Crippen LogP) is -1.69. The predicted molar refractivity (Wildman–Crippen MR) is 15.8 cm³/mol. The van der Waals surface area contributed by atoms with Gasteiger partial charge < -0.3 is 17.2 Å². The van der Waals surface area contributed by atoms with Gasteiger partial charge in [-0.2, -0.15) is 0 Å². The van der Waals surface area contributed by atoms with Crippen LogP contribution < -0.4 is 17.2 Å². The first-order chi connectivity index (χ1) is 4.46. The highest BCUT2D eigenvalue weighted by Crippen LogP contribution is 1.35. The zero-order valence-electron chi connectivity index (χ0n) is 7.84. The molecule has 4 heavy (non-hydrogen) atoms. The average molecular weight is 66.1 g/mol. The van der Waals surface area contributed by atoms with Crippen molar-refractivity contribution in [1.82, 2.24) is 0 Å². The molecule has 0 saturated heterocycles. The first kappa shape index (κ1) is 0.408. The minimum atomic E-state index is -0.806. The highest BCUT2D eigenvalue weighted by Gasteiger charge is 1.44. The summed E-state index contributed by atoms with van der Waals surface area (Å²) in [7, 11) is 0. The summed E-state index contributed by atoms with van der Waals surface area (Å²) in [6, 6.07) is 0. The fraction of sp³-hybridized carbons (Fsp3) is 0. The maximum absolute atomic E-state index is 6.50. The maximum Gasteiger partial charge on any atom is 0.0845 e. The van der Waals surface area contributed by atoms with Crippen LogP contribution in [0.1, 0.15) is 0 Å². The fourth-order valence-corrected chi connectivity index (χ4v) is 0. The first-order valence-electron chi connectivity index (χ1n) is 3.35. The number of hydrogen-bond donors (Lipinski definition) is 3. The molecule has 0 spiro atoms. The zero-order chi connectivity index (χ0) is 8.31. The summed E-state index contributed by atoms with van der Waals surface area (Å²) in [4.78, 5) is 0. The van der Waals surface area contributed by atoms with Crippen LogP contribution in [0.2, 0.25) is 8.47 Å². The summed E-state index contributed by atoms with van der Waals surface area (Å²) >= 11 is 0. The van der Waals surface area contributed by atoms with Crippen molar-refractivity contribution in [3.63, 3.8) is 0 Å². The standard InChI is InChI=1S/CH6N3/c2-1(3)4/h2-4H2/q-1/i/hD6. The highest BCUT2D eigenvalue weighted by atomic mass is 15.0. The Morgan fingerprint density at radius 1 is 1.50 bits per heavy atom. The Morgan fingerprint density at radius 2 is 2.00 bits per heavy atom. The van der Waals surface area contributed by atoms with E-state index in [-0.39, 0.29) is 17.2 Å². The van der Waals surface area contributed by atoms with E-state index >= 15 is 0 Å². The molecule has 0 amide bonds. The Labute approximate surface area is 33.5 Å². The Morgan fingerprint density at radius 3 is 2.00 bits per heavy atom. The zero-order valence-corrected chi connectivity index (χ0v) is 1.84. The molecule has 26 valence electrons. The molecule has 6 N–H and O–H groups in total. The van der Waals surface area contributed by atoms with Crippen LogP contribution in [-0.4, -0.2) is 0 Å². The van der Waals surface area contributed by atoms with Gasteiger partial charge in [0.2, 0.25) is 0 Å². The lowest BCUT2D eigenvalue weighted by Crippen LogP contribution is -2.28. The van der Waals surface area contributed by atoms with E-state index in [0.717, 1.165) is 0 Å². The van der Waals surface area contributed by atoms with Gasteiger partial charge in [0.25, 0.3) is 0 Å². The molecule has 0 aromatic rings. The number of rotatable bonds is 3.